The number of aliphatic carboxylic acids is 1. The molecule has 7 heteroatoms. The number of carbonyl (C=O) groups is 2. The van der Waals surface area contributed by atoms with Crippen molar-refractivity contribution in [2.75, 3.05) is 14.2 Å². The van der Waals surface area contributed by atoms with Crippen molar-refractivity contribution in [3.8, 4) is 11.5 Å². The average molecular weight is 358 g/mol. The number of benzene rings is 1. The van der Waals surface area contributed by atoms with E-state index < -0.39 is 17.4 Å². The molecule has 0 radical (unpaired) electrons. The van der Waals surface area contributed by atoms with E-state index in [0.717, 1.165) is 6.42 Å². The van der Waals surface area contributed by atoms with Crippen molar-refractivity contribution >= 4 is 27.8 Å². The third-order valence-corrected chi connectivity index (χ3v) is 4.46. The second-order valence-corrected chi connectivity index (χ2v) is 5.68. The molecule has 1 aliphatic rings. The van der Waals surface area contributed by atoms with E-state index in [9.17, 15) is 14.7 Å². The van der Waals surface area contributed by atoms with E-state index in [1.54, 1.807) is 0 Å². The van der Waals surface area contributed by atoms with Crippen molar-refractivity contribution in [3.63, 3.8) is 0 Å². The largest absolute Gasteiger partial charge is 0.495 e. The predicted molar refractivity (Wildman–Crippen MR) is 78.9 cm³/mol. The molecule has 0 saturated heterocycles. The molecule has 0 aliphatic heterocycles. The molecule has 0 atom stereocenters. The van der Waals surface area contributed by atoms with Gasteiger partial charge < -0.3 is 19.9 Å². The minimum Gasteiger partial charge on any atom is -0.495 e. The standard InChI is InChI=1S/C14H16BrNO5/c1-20-9-6-8(7-10(21-2)11(9)15)12(17)16-14(13(18)19)4-3-5-14/h6-7H,3-5H2,1-2H3,(H,16,17)(H,18,19). The Hall–Kier alpha value is -1.76. The van der Waals surface area contributed by atoms with Gasteiger partial charge in [-0.1, -0.05) is 0 Å². The number of rotatable bonds is 5. The Bertz CT molecular complexity index is 558. The lowest BCUT2D eigenvalue weighted by Crippen LogP contribution is -2.59. The number of carboxylic acid groups (broad SMARTS) is 1. The molecule has 1 amide bonds. The zero-order chi connectivity index (χ0) is 15.6. The van der Waals surface area contributed by atoms with Crippen LogP contribution in [0.25, 0.3) is 0 Å². The van der Waals surface area contributed by atoms with Gasteiger partial charge in [-0.15, -0.1) is 0 Å². The monoisotopic (exact) mass is 357 g/mol. The molecule has 21 heavy (non-hydrogen) atoms. The maximum atomic E-state index is 12.3. The topological polar surface area (TPSA) is 84.9 Å². The number of carboxylic acids is 1. The molecule has 1 saturated carbocycles. The second kappa shape index (κ2) is 5.93. The molecule has 0 unspecified atom stereocenters. The van der Waals surface area contributed by atoms with Gasteiger partial charge in [0.1, 0.15) is 21.5 Å². The van der Waals surface area contributed by atoms with Gasteiger partial charge in [0.25, 0.3) is 5.91 Å². The summed E-state index contributed by atoms with van der Waals surface area (Å²) in [5.41, 5.74) is -0.857. The summed E-state index contributed by atoms with van der Waals surface area (Å²) in [6, 6.07) is 3.08. The van der Waals surface area contributed by atoms with Crippen LogP contribution in [0.15, 0.2) is 16.6 Å². The lowest BCUT2D eigenvalue weighted by Gasteiger charge is -2.38. The van der Waals surface area contributed by atoms with E-state index in [2.05, 4.69) is 21.2 Å². The number of amides is 1. The molecule has 114 valence electrons. The fourth-order valence-electron chi connectivity index (χ4n) is 2.21. The van der Waals surface area contributed by atoms with Gasteiger partial charge in [0.05, 0.1) is 14.2 Å². The van der Waals surface area contributed by atoms with Gasteiger partial charge in [-0.25, -0.2) is 4.79 Å². The van der Waals surface area contributed by atoms with Crippen molar-refractivity contribution in [2.24, 2.45) is 0 Å². The first-order valence-electron chi connectivity index (χ1n) is 6.41. The van der Waals surface area contributed by atoms with Crippen molar-refractivity contribution in [3.05, 3.63) is 22.2 Å². The number of hydrogen-bond acceptors (Lipinski definition) is 4. The van der Waals surface area contributed by atoms with Gasteiger partial charge in [0.15, 0.2) is 0 Å². The second-order valence-electron chi connectivity index (χ2n) is 4.89. The lowest BCUT2D eigenvalue weighted by molar-refractivity contribution is -0.148. The first-order valence-corrected chi connectivity index (χ1v) is 7.20. The molecule has 1 fully saturated rings. The van der Waals surface area contributed by atoms with E-state index in [1.165, 1.54) is 26.4 Å². The quantitative estimate of drug-likeness (QED) is 0.843. The minimum absolute atomic E-state index is 0.291. The molecule has 1 aromatic carbocycles. The molecule has 0 spiro atoms. The van der Waals surface area contributed by atoms with Crippen LogP contribution in [0.1, 0.15) is 29.6 Å². The SMILES string of the molecule is COc1cc(C(=O)NC2(C(=O)O)CCC2)cc(OC)c1Br. The Morgan fingerprint density at radius 2 is 1.76 bits per heavy atom. The maximum absolute atomic E-state index is 12.3. The van der Waals surface area contributed by atoms with Gasteiger partial charge in [0, 0.05) is 5.56 Å². The van der Waals surface area contributed by atoms with Crippen LogP contribution < -0.4 is 14.8 Å². The maximum Gasteiger partial charge on any atom is 0.329 e. The third-order valence-electron chi connectivity index (χ3n) is 3.68. The normalized spacial score (nSPS) is 15.8. The summed E-state index contributed by atoms with van der Waals surface area (Å²) in [7, 11) is 2.96. The van der Waals surface area contributed by atoms with Crippen LogP contribution in [0, 0.1) is 0 Å². The fraction of sp³-hybridized carbons (Fsp3) is 0.429. The number of halogens is 1. The summed E-state index contributed by atoms with van der Waals surface area (Å²) in [6.45, 7) is 0. The molecule has 6 nitrogen and oxygen atoms in total. The van der Waals surface area contributed by atoms with Crippen LogP contribution in [0.5, 0.6) is 11.5 Å². The highest BCUT2D eigenvalue weighted by molar-refractivity contribution is 9.10. The Morgan fingerprint density at radius 3 is 2.10 bits per heavy atom. The third kappa shape index (κ3) is 2.83. The minimum atomic E-state index is -1.15. The molecular weight excluding hydrogens is 342 g/mol. The van der Waals surface area contributed by atoms with Crippen LogP contribution in [0.4, 0.5) is 0 Å². The zero-order valence-electron chi connectivity index (χ0n) is 11.7. The Balaban J connectivity index is 2.29. The number of hydrogen-bond donors (Lipinski definition) is 2. The van der Waals surface area contributed by atoms with Crippen molar-refractivity contribution < 1.29 is 24.2 Å². The van der Waals surface area contributed by atoms with Crippen LogP contribution in [-0.4, -0.2) is 36.7 Å². The molecule has 1 aliphatic carbocycles. The first-order chi connectivity index (χ1) is 9.93. The summed E-state index contributed by atoms with van der Waals surface area (Å²) in [6.07, 6.45) is 1.68. The van der Waals surface area contributed by atoms with Gasteiger partial charge in [-0.3, -0.25) is 4.79 Å². The molecule has 1 aromatic rings. The Kier molecular flexibility index (Phi) is 4.41. The summed E-state index contributed by atoms with van der Waals surface area (Å²) < 4.78 is 10.9. The molecule has 2 N–H and O–H groups in total. The van der Waals surface area contributed by atoms with Gasteiger partial charge in [-0.2, -0.15) is 0 Å². The van der Waals surface area contributed by atoms with Gasteiger partial charge in [0.2, 0.25) is 0 Å². The molecule has 0 aromatic heterocycles. The highest BCUT2D eigenvalue weighted by Crippen LogP contribution is 2.36. The number of nitrogens with one attached hydrogen (secondary N) is 1. The lowest BCUT2D eigenvalue weighted by atomic mass is 9.76. The molecule has 0 bridgehead atoms. The Labute approximate surface area is 130 Å². The Morgan fingerprint density at radius 1 is 1.24 bits per heavy atom. The van der Waals surface area contributed by atoms with E-state index in [0.29, 0.717) is 34.4 Å². The van der Waals surface area contributed by atoms with Crippen molar-refractivity contribution in [1.29, 1.82) is 0 Å². The van der Waals surface area contributed by atoms with Crippen LogP contribution in [0.2, 0.25) is 0 Å². The smallest absolute Gasteiger partial charge is 0.329 e. The van der Waals surface area contributed by atoms with E-state index >= 15 is 0 Å². The molecular formula is C14H16BrNO5. The van der Waals surface area contributed by atoms with Crippen LogP contribution >= 0.6 is 15.9 Å². The van der Waals surface area contributed by atoms with Gasteiger partial charge in [-0.05, 0) is 47.3 Å². The van der Waals surface area contributed by atoms with Gasteiger partial charge >= 0.3 is 5.97 Å². The fourth-order valence-corrected chi connectivity index (χ4v) is 2.77. The van der Waals surface area contributed by atoms with E-state index in [-0.39, 0.29) is 0 Å². The molecule has 2 rings (SSSR count). The highest BCUT2D eigenvalue weighted by Gasteiger charge is 2.45. The summed E-state index contributed by atoms with van der Waals surface area (Å²) in [4.78, 5) is 23.6. The number of carbonyl (C=O) groups excluding carboxylic acids is 1. The first kappa shape index (κ1) is 15.6. The zero-order valence-corrected chi connectivity index (χ0v) is 13.3. The van der Waals surface area contributed by atoms with E-state index in [4.69, 9.17) is 9.47 Å². The van der Waals surface area contributed by atoms with E-state index in [1.807, 2.05) is 0 Å². The number of ether oxygens (including phenoxy) is 2. The summed E-state index contributed by atoms with van der Waals surface area (Å²) >= 11 is 3.32. The van der Waals surface area contributed by atoms with Crippen LogP contribution in [-0.2, 0) is 4.79 Å². The van der Waals surface area contributed by atoms with Crippen molar-refractivity contribution in [2.45, 2.75) is 24.8 Å². The average Bonchev–Trinajstić information content (AvgIpc) is 2.42. The summed E-state index contributed by atoms with van der Waals surface area (Å²) in [5, 5.41) is 11.9. The number of methoxy groups -OCH3 is 2. The highest BCUT2D eigenvalue weighted by atomic mass is 79.9. The predicted octanol–water partition coefficient (Wildman–Crippen LogP) is 2.20. The van der Waals surface area contributed by atoms with Crippen LogP contribution in [0.3, 0.4) is 0 Å². The molecule has 0 heterocycles. The van der Waals surface area contributed by atoms with Crippen molar-refractivity contribution in [1.82, 2.24) is 5.32 Å². The summed E-state index contributed by atoms with van der Waals surface area (Å²) in [5.74, 6) is -0.575.